The number of nitrogens with one attached hydrogen (secondary N) is 1. The Morgan fingerprint density at radius 2 is 2.12 bits per heavy atom. The number of carbonyl (C=O) groups excluding carboxylic acids is 1. The van der Waals surface area contributed by atoms with Crippen molar-refractivity contribution in [3.63, 3.8) is 0 Å². The third-order valence-corrected chi connectivity index (χ3v) is 2.17. The molecule has 88 valence electrons. The van der Waals surface area contributed by atoms with Crippen LogP contribution in [-0.4, -0.2) is 19.2 Å². The van der Waals surface area contributed by atoms with Crippen molar-refractivity contribution in [1.82, 2.24) is 5.32 Å². The van der Waals surface area contributed by atoms with Crippen molar-refractivity contribution < 1.29 is 13.9 Å². The minimum absolute atomic E-state index is 0.0667. The zero-order valence-electron chi connectivity index (χ0n) is 9.07. The number of hydrogen-bond acceptors (Lipinski definition) is 3. The number of carbonyl (C=O) groups is 1. The molecule has 0 aliphatic rings. The average Bonchev–Trinajstić information content (AvgIpc) is 2.25. The Bertz CT molecular complexity index is 340. The van der Waals surface area contributed by atoms with Crippen LogP contribution >= 0.6 is 0 Å². The van der Waals surface area contributed by atoms with Gasteiger partial charge in [-0.3, -0.25) is 0 Å². The molecule has 0 radical (unpaired) electrons. The SMILES string of the molecule is CC(NCCOC(N)=O)c1ccc(F)cc1. The van der Waals surface area contributed by atoms with Crippen molar-refractivity contribution in [3.8, 4) is 0 Å². The average molecular weight is 226 g/mol. The molecular formula is C11H15FN2O2. The Kier molecular flexibility index (Phi) is 4.72. The van der Waals surface area contributed by atoms with E-state index in [9.17, 15) is 9.18 Å². The van der Waals surface area contributed by atoms with Crippen molar-refractivity contribution in [2.45, 2.75) is 13.0 Å². The predicted octanol–water partition coefficient (Wildman–Crippen LogP) is 1.57. The topological polar surface area (TPSA) is 64.3 Å². The summed E-state index contributed by atoms with van der Waals surface area (Å²) in [6.45, 7) is 2.67. The van der Waals surface area contributed by atoms with E-state index in [1.165, 1.54) is 12.1 Å². The first-order valence-electron chi connectivity index (χ1n) is 5.00. The van der Waals surface area contributed by atoms with Crippen LogP contribution in [0.3, 0.4) is 0 Å². The summed E-state index contributed by atoms with van der Waals surface area (Å²) in [5.74, 6) is -0.256. The second kappa shape index (κ2) is 6.07. The number of rotatable bonds is 5. The molecule has 0 aromatic heterocycles. The van der Waals surface area contributed by atoms with E-state index in [0.29, 0.717) is 6.54 Å². The lowest BCUT2D eigenvalue weighted by Crippen LogP contribution is -2.25. The van der Waals surface area contributed by atoms with E-state index in [1.54, 1.807) is 12.1 Å². The highest BCUT2D eigenvalue weighted by molar-refractivity contribution is 5.64. The molecule has 0 heterocycles. The normalized spacial score (nSPS) is 12.1. The number of hydrogen-bond donors (Lipinski definition) is 2. The molecule has 0 saturated heterocycles. The molecule has 1 aromatic carbocycles. The van der Waals surface area contributed by atoms with Crippen LogP contribution in [0.4, 0.5) is 9.18 Å². The highest BCUT2D eigenvalue weighted by Gasteiger charge is 2.04. The van der Waals surface area contributed by atoms with Crippen molar-refractivity contribution in [2.75, 3.05) is 13.2 Å². The van der Waals surface area contributed by atoms with Crippen LogP contribution in [0.15, 0.2) is 24.3 Å². The van der Waals surface area contributed by atoms with Gasteiger partial charge in [0.15, 0.2) is 0 Å². The van der Waals surface area contributed by atoms with Gasteiger partial charge in [0.1, 0.15) is 12.4 Å². The van der Waals surface area contributed by atoms with E-state index in [4.69, 9.17) is 5.73 Å². The van der Waals surface area contributed by atoms with Crippen molar-refractivity contribution in [1.29, 1.82) is 0 Å². The van der Waals surface area contributed by atoms with Gasteiger partial charge in [0.25, 0.3) is 0 Å². The minimum Gasteiger partial charge on any atom is -0.448 e. The molecule has 3 N–H and O–H groups in total. The highest BCUT2D eigenvalue weighted by Crippen LogP contribution is 2.12. The Balaban J connectivity index is 2.32. The van der Waals surface area contributed by atoms with Gasteiger partial charge < -0.3 is 15.8 Å². The molecule has 0 fully saturated rings. The Morgan fingerprint density at radius 3 is 2.69 bits per heavy atom. The summed E-state index contributed by atoms with van der Waals surface area (Å²) in [7, 11) is 0. The minimum atomic E-state index is -0.781. The fourth-order valence-electron chi connectivity index (χ4n) is 1.30. The summed E-state index contributed by atoms with van der Waals surface area (Å²) in [6.07, 6.45) is -0.781. The van der Waals surface area contributed by atoms with Gasteiger partial charge in [-0.05, 0) is 24.6 Å². The molecule has 0 aliphatic heterocycles. The smallest absolute Gasteiger partial charge is 0.404 e. The van der Waals surface area contributed by atoms with E-state index in [0.717, 1.165) is 5.56 Å². The molecule has 0 aliphatic carbocycles. The molecule has 4 nitrogen and oxygen atoms in total. The lowest BCUT2D eigenvalue weighted by atomic mass is 10.1. The van der Waals surface area contributed by atoms with E-state index < -0.39 is 6.09 Å². The van der Waals surface area contributed by atoms with Crippen LogP contribution in [0, 0.1) is 5.82 Å². The monoisotopic (exact) mass is 226 g/mol. The van der Waals surface area contributed by atoms with E-state index in [1.807, 2.05) is 6.92 Å². The van der Waals surface area contributed by atoms with E-state index in [-0.39, 0.29) is 18.5 Å². The third-order valence-electron chi connectivity index (χ3n) is 2.17. The third kappa shape index (κ3) is 4.27. The van der Waals surface area contributed by atoms with Crippen molar-refractivity contribution >= 4 is 6.09 Å². The van der Waals surface area contributed by atoms with Gasteiger partial charge in [-0.1, -0.05) is 12.1 Å². The molecule has 1 unspecified atom stereocenters. The molecule has 0 spiro atoms. The zero-order valence-corrected chi connectivity index (χ0v) is 9.07. The maximum Gasteiger partial charge on any atom is 0.404 e. The number of primary amides is 1. The van der Waals surface area contributed by atoms with Gasteiger partial charge in [0.05, 0.1) is 0 Å². The number of amides is 1. The summed E-state index contributed by atoms with van der Waals surface area (Å²) >= 11 is 0. The Hall–Kier alpha value is -1.62. The van der Waals surface area contributed by atoms with Gasteiger partial charge in [-0.15, -0.1) is 0 Å². The summed E-state index contributed by atoms with van der Waals surface area (Å²) in [4.78, 5) is 10.3. The molecule has 1 rings (SSSR count). The number of nitrogens with two attached hydrogens (primary N) is 1. The number of halogens is 1. The Labute approximate surface area is 93.6 Å². The summed E-state index contributed by atoms with van der Waals surface area (Å²) < 4.78 is 17.2. The van der Waals surface area contributed by atoms with Crippen molar-refractivity contribution in [3.05, 3.63) is 35.6 Å². The van der Waals surface area contributed by atoms with Crippen molar-refractivity contribution in [2.24, 2.45) is 5.73 Å². The maximum absolute atomic E-state index is 12.7. The summed E-state index contributed by atoms with van der Waals surface area (Å²) in [5.41, 5.74) is 5.78. The largest absolute Gasteiger partial charge is 0.448 e. The molecule has 1 amide bonds. The molecular weight excluding hydrogens is 211 g/mol. The lowest BCUT2D eigenvalue weighted by molar-refractivity contribution is 0.156. The standard InChI is InChI=1S/C11H15FN2O2/c1-8(14-6-7-16-11(13)15)9-2-4-10(12)5-3-9/h2-5,8,14H,6-7H2,1H3,(H2,13,15). The fourth-order valence-corrected chi connectivity index (χ4v) is 1.30. The second-order valence-corrected chi connectivity index (χ2v) is 3.39. The first-order chi connectivity index (χ1) is 7.59. The van der Waals surface area contributed by atoms with E-state index in [2.05, 4.69) is 10.1 Å². The van der Waals surface area contributed by atoms with Crippen LogP contribution in [-0.2, 0) is 4.74 Å². The van der Waals surface area contributed by atoms with Crippen LogP contribution in [0.5, 0.6) is 0 Å². The predicted molar refractivity (Wildman–Crippen MR) is 58.4 cm³/mol. The fraction of sp³-hybridized carbons (Fsp3) is 0.364. The molecule has 0 bridgehead atoms. The molecule has 1 atom stereocenters. The van der Waals surface area contributed by atoms with Gasteiger partial charge >= 0.3 is 6.09 Å². The van der Waals surface area contributed by atoms with Gasteiger partial charge in [0, 0.05) is 12.6 Å². The van der Waals surface area contributed by atoms with Gasteiger partial charge in [0.2, 0.25) is 0 Å². The van der Waals surface area contributed by atoms with Gasteiger partial charge in [-0.2, -0.15) is 0 Å². The summed E-state index contributed by atoms with van der Waals surface area (Å²) in [6, 6.07) is 6.31. The summed E-state index contributed by atoms with van der Waals surface area (Å²) in [5, 5.41) is 3.12. The lowest BCUT2D eigenvalue weighted by Gasteiger charge is -2.13. The first kappa shape index (κ1) is 12.4. The van der Waals surface area contributed by atoms with Crippen LogP contribution in [0.1, 0.15) is 18.5 Å². The number of benzene rings is 1. The first-order valence-corrected chi connectivity index (χ1v) is 5.00. The Morgan fingerprint density at radius 1 is 1.50 bits per heavy atom. The highest BCUT2D eigenvalue weighted by atomic mass is 19.1. The molecule has 0 saturated carbocycles. The van der Waals surface area contributed by atoms with Crippen LogP contribution < -0.4 is 11.1 Å². The van der Waals surface area contributed by atoms with Gasteiger partial charge in [-0.25, -0.2) is 9.18 Å². The molecule has 16 heavy (non-hydrogen) atoms. The zero-order chi connectivity index (χ0) is 12.0. The van der Waals surface area contributed by atoms with Crippen LogP contribution in [0.2, 0.25) is 0 Å². The molecule has 1 aromatic rings. The maximum atomic E-state index is 12.7. The quantitative estimate of drug-likeness (QED) is 0.749. The molecule has 5 heteroatoms. The van der Waals surface area contributed by atoms with E-state index >= 15 is 0 Å². The van der Waals surface area contributed by atoms with Crippen LogP contribution in [0.25, 0.3) is 0 Å². The number of ether oxygens (including phenoxy) is 1. The second-order valence-electron chi connectivity index (χ2n) is 3.39.